The maximum absolute atomic E-state index is 12.5. The molecule has 0 aromatic carbocycles. The summed E-state index contributed by atoms with van der Waals surface area (Å²) >= 11 is 0. The Bertz CT molecular complexity index is 2450. The Hall–Kier alpha value is -1.64. The van der Waals surface area contributed by atoms with Gasteiger partial charge in [-0.3, -0.25) is 0 Å². The van der Waals surface area contributed by atoms with Crippen LogP contribution >= 0.6 is 0 Å². The Kier molecular flexibility index (Phi) is 29.3. The fourth-order valence-electron chi connectivity index (χ4n) is 13.8. The van der Waals surface area contributed by atoms with Gasteiger partial charge in [0.25, 0.3) is 0 Å². The second-order valence-electron chi connectivity index (χ2n) is 27.0. The SMILES string of the molecule is CC1C(O)[C@H](O[C@@H]2OC(CO)[C@H](O)C(O)[C@@H]2O)[C@H](CO)O[C@H]1OC1[C@@H](OCC2O[C@@H](O[C@@H]3C(CO)O[C@@H](O[C@@H]4C(CO)O[C@@H](C)C(C)[C@H]4O)[C@@H](C)C3O)[C@H](O)C(O[C@H]3O[C@H](CO)[C@@H](O)C(O)C3O[C@@H]3OC(CO)[C@@H](O[C@@H]4OC(CO)[C@H](O)C(O)[C@@H]4O)C(O)[C@@H]3C)[C@@H]2O)OC(CO)[C@@H](O)[C@@H]1O. The van der Waals surface area contributed by atoms with Gasteiger partial charge in [-0.2, -0.15) is 0 Å². The molecule has 0 radical (unpaired) electrons. The predicted molar refractivity (Wildman–Crippen MR) is 313 cm³/mol. The van der Waals surface area contributed by atoms with Crippen LogP contribution in [0.4, 0.5) is 0 Å². The van der Waals surface area contributed by atoms with Crippen molar-refractivity contribution in [3.8, 4) is 0 Å². The standard InChI is InChI=1S/C59H102O41/c1-15-19(5)85-24(10-64)45(29(15)68)94-52-16(2)30(69)48(27(13-67)90-52)97-57-44(83)49(98-59-51(41(80)36(75)23(9-63)89-59)100-54-18(4)32(71)47(26(12-66)92-54)96-56-43(82)39(78)34(73)21(7-61)87-56)37(76)28(93-57)14-84-58-50(40(79)35(74)22(8-62)88-58)99-53-17(3)31(70)46(25(11-65)91-53)95-55-42(81)38(77)33(72)20(6-60)86-55/h15-83H,6-14H2,1-5H3/t15?,16-,17?,18-,19-,20?,21?,22?,23+,24?,25-,26?,27?,28?,29+,30?,31?,32?,33-,34-,35+,36+,37+,38?,39?,40-,41?,42-,43-,44+,45+,46+,47+,48+,49?,50?,51?,52-,53-,54-,55-,56-,57-,58-,59+/m0/s1. The number of aliphatic hydroxyl groups excluding tert-OH is 24. The Labute approximate surface area is 571 Å². The van der Waals surface area contributed by atoms with E-state index in [1.54, 1.807) is 13.8 Å². The minimum absolute atomic E-state index is 0.522. The first-order valence-electron chi connectivity index (χ1n) is 33.3. The molecule has 0 spiro atoms. The molecule has 9 rings (SSSR count). The summed E-state index contributed by atoms with van der Waals surface area (Å²) < 4.78 is 102. The van der Waals surface area contributed by atoms with Crippen molar-refractivity contribution in [1.82, 2.24) is 0 Å². The molecule has 41 heteroatoms. The minimum atomic E-state index is -2.32. The van der Waals surface area contributed by atoms with Gasteiger partial charge in [-0.15, -0.1) is 0 Å². The van der Waals surface area contributed by atoms with Gasteiger partial charge in [-0.05, 0) is 6.92 Å². The van der Waals surface area contributed by atoms with Crippen LogP contribution in [0.1, 0.15) is 34.6 Å². The molecular formula is C59H102O41. The third kappa shape index (κ3) is 17.0. The Balaban J connectivity index is 0.986. The lowest BCUT2D eigenvalue weighted by Gasteiger charge is -2.51. The van der Waals surface area contributed by atoms with Gasteiger partial charge in [0, 0.05) is 23.7 Å². The lowest BCUT2D eigenvalue weighted by molar-refractivity contribution is -0.402. The molecule has 0 aromatic heterocycles. The molecule has 9 aliphatic heterocycles. The van der Waals surface area contributed by atoms with Crippen molar-refractivity contribution in [2.45, 2.75) is 286 Å². The minimum Gasteiger partial charge on any atom is -0.394 e. The molecule has 0 bridgehead atoms. The van der Waals surface area contributed by atoms with Crippen LogP contribution in [0.5, 0.6) is 0 Å². The zero-order valence-electron chi connectivity index (χ0n) is 55.0. The summed E-state index contributed by atoms with van der Waals surface area (Å²) in [6.07, 6.45) is -72.7. The van der Waals surface area contributed by atoms with E-state index in [1.807, 2.05) is 0 Å². The summed E-state index contributed by atoms with van der Waals surface area (Å²) in [5.74, 6) is -4.27. The molecule has 0 amide bonds. The highest BCUT2D eigenvalue weighted by Crippen LogP contribution is 2.42. The quantitative estimate of drug-likeness (QED) is 0.0404. The van der Waals surface area contributed by atoms with Gasteiger partial charge in [0.1, 0.15) is 171 Å². The average Bonchev–Trinajstić information content (AvgIpc) is 0.775. The van der Waals surface area contributed by atoms with Crippen molar-refractivity contribution in [2.24, 2.45) is 23.7 Å². The molecular weight excluding hydrogens is 1360 g/mol. The van der Waals surface area contributed by atoms with Crippen molar-refractivity contribution >= 4 is 0 Å². The van der Waals surface area contributed by atoms with E-state index >= 15 is 0 Å². The molecule has 24 N–H and O–H groups in total. The first-order valence-corrected chi connectivity index (χ1v) is 33.3. The molecule has 584 valence electrons. The van der Waals surface area contributed by atoms with Crippen LogP contribution in [-0.2, 0) is 80.5 Å². The van der Waals surface area contributed by atoms with Crippen molar-refractivity contribution in [1.29, 1.82) is 0 Å². The van der Waals surface area contributed by atoms with Gasteiger partial charge in [0.2, 0.25) is 0 Å². The first kappa shape index (κ1) is 82.4. The second-order valence-corrected chi connectivity index (χ2v) is 27.0. The van der Waals surface area contributed by atoms with E-state index in [0.717, 1.165) is 0 Å². The molecule has 0 aliphatic carbocycles. The van der Waals surface area contributed by atoms with Gasteiger partial charge < -0.3 is 203 Å². The van der Waals surface area contributed by atoms with E-state index in [4.69, 9.17) is 80.5 Å². The van der Waals surface area contributed by atoms with Gasteiger partial charge in [0.15, 0.2) is 50.3 Å². The molecule has 41 nitrogen and oxygen atoms in total. The average molecular weight is 1470 g/mol. The zero-order valence-corrected chi connectivity index (χ0v) is 55.0. The third-order valence-corrected chi connectivity index (χ3v) is 20.5. The molecule has 18 unspecified atom stereocenters. The van der Waals surface area contributed by atoms with Gasteiger partial charge in [-0.1, -0.05) is 27.7 Å². The van der Waals surface area contributed by atoms with E-state index in [-0.39, 0.29) is 0 Å². The van der Waals surface area contributed by atoms with Crippen molar-refractivity contribution < 1.29 is 203 Å². The van der Waals surface area contributed by atoms with Crippen molar-refractivity contribution in [2.75, 3.05) is 59.5 Å². The van der Waals surface area contributed by atoms with Gasteiger partial charge in [0.05, 0.1) is 90.0 Å². The van der Waals surface area contributed by atoms with E-state index in [1.165, 1.54) is 20.8 Å². The summed E-state index contributed by atoms with van der Waals surface area (Å²) in [5.41, 5.74) is 0. The topological polar surface area (TPSA) is 642 Å². The van der Waals surface area contributed by atoms with E-state index in [2.05, 4.69) is 0 Å². The highest BCUT2D eigenvalue weighted by Gasteiger charge is 2.60. The second kappa shape index (κ2) is 35.6. The van der Waals surface area contributed by atoms with Crippen LogP contribution in [0.15, 0.2) is 0 Å². The molecule has 0 saturated carbocycles. The summed E-state index contributed by atoms with van der Waals surface area (Å²) in [6.45, 7) is -0.769. The molecule has 9 saturated heterocycles. The van der Waals surface area contributed by atoms with Crippen LogP contribution in [0, 0.1) is 23.7 Å². The molecule has 9 fully saturated rings. The van der Waals surface area contributed by atoms with Crippen LogP contribution in [0.25, 0.3) is 0 Å². The fraction of sp³-hybridized carbons (Fsp3) is 1.00. The molecule has 0 aromatic rings. The maximum Gasteiger partial charge on any atom is 0.187 e. The highest BCUT2D eigenvalue weighted by molar-refractivity contribution is 5.02. The van der Waals surface area contributed by atoms with Crippen molar-refractivity contribution in [3.05, 3.63) is 0 Å². The van der Waals surface area contributed by atoms with Crippen molar-refractivity contribution in [3.63, 3.8) is 0 Å². The smallest absolute Gasteiger partial charge is 0.187 e. The number of hydrogen-bond acceptors (Lipinski definition) is 41. The summed E-state index contributed by atoms with van der Waals surface area (Å²) in [7, 11) is 0. The molecule has 45 atom stereocenters. The highest BCUT2D eigenvalue weighted by atomic mass is 16.8. The maximum atomic E-state index is 12.5. The number of aliphatic hydroxyl groups is 24. The summed E-state index contributed by atoms with van der Waals surface area (Å²) in [6, 6.07) is 0. The largest absolute Gasteiger partial charge is 0.394 e. The number of rotatable bonds is 25. The van der Waals surface area contributed by atoms with Crippen LogP contribution in [0.3, 0.4) is 0 Å². The lowest BCUT2D eigenvalue weighted by Crippen LogP contribution is -2.68. The first-order chi connectivity index (χ1) is 47.4. The monoisotopic (exact) mass is 1470 g/mol. The Morgan fingerprint density at radius 1 is 0.200 bits per heavy atom. The third-order valence-electron chi connectivity index (χ3n) is 20.5. The zero-order chi connectivity index (χ0) is 73.4. The number of hydrogen-bond donors (Lipinski definition) is 24. The predicted octanol–water partition coefficient (Wildman–Crippen LogP) is -14.5. The lowest BCUT2D eigenvalue weighted by atomic mass is 9.88. The summed E-state index contributed by atoms with van der Waals surface area (Å²) in [5, 5.41) is 263. The van der Waals surface area contributed by atoms with Gasteiger partial charge in [-0.25, -0.2) is 0 Å². The Morgan fingerprint density at radius 3 is 0.830 bits per heavy atom. The van der Waals surface area contributed by atoms with E-state index in [0.29, 0.717) is 0 Å². The molecule has 9 heterocycles. The normalized spacial score (nSPS) is 53.7. The number of ether oxygens (including phenoxy) is 17. The van der Waals surface area contributed by atoms with E-state index < -0.39 is 335 Å². The molecule has 100 heavy (non-hydrogen) atoms. The van der Waals surface area contributed by atoms with Crippen LogP contribution in [-0.4, -0.2) is 434 Å². The van der Waals surface area contributed by atoms with Crippen LogP contribution in [0.2, 0.25) is 0 Å². The molecule has 9 aliphatic rings. The van der Waals surface area contributed by atoms with Crippen LogP contribution < -0.4 is 0 Å². The fourth-order valence-corrected chi connectivity index (χ4v) is 13.8. The Morgan fingerprint density at radius 2 is 0.460 bits per heavy atom. The van der Waals surface area contributed by atoms with Gasteiger partial charge >= 0.3 is 0 Å². The summed E-state index contributed by atoms with van der Waals surface area (Å²) in [4.78, 5) is 0. The van der Waals surface area contributed by atoms with E-state index in [9.17, 15) is 123 Å².